The summed E-state index contributed by atoms with van der Waals surface area (Å²) in [4.78, 5) is 27.4. The Morgan fingerprint density at radius 3 is 2.16 bits per heavy atom. The predicted molar refractivity (Wildman–Crippen MR) is 143 cm³/mol. The van der Waals surface area contributed by atoms with Crippen molar-refractivity contribution in [1.82, 2.24) is 10.2 Å². The normalized spacial score (nSPS) is 12.1. The molecule has 2 amide bonds. The zero-order valence-corrected chi connectivity index (χ0v) is 22.7. The van der Waals surface area contributed by atoms with Gasteiger partial charge in [-0.3, -0.25) is 13.9 Å². The molecule has 196 valence electrons. The Balaban J connectivity index is 2.03. The van der Waals surface area contributed by atoms with Gasteiger partial charge >= 0.3 is 0 Å². The first kappa shape index (κ1) is 28.4. The quantitative estimate of drug-likeness (QED) is 0.403. The van der Waals surface area contributed by atoms with Crippen LogP contribution in [0.1, 0.15) is 18.1 Å². The topological polar surface area (TPSA) is 86.8 Å². The summed E-state index contributed by atoms with van der Waals surface area (Å²) >= 11 is 12.1. The Bertz CT molecular complexity index is 1380. The summed E-state index contributed by atoms with van der Waals surface area (Å²) in [6.07, 6.45) is 0. The van der Waals surface area contributed by atoms with Crippen LogP contribution in [-0.4, -0.2) is 44.8 Å². The zero-order chi connectivity index (χ0) is 27.3. The smallest absolute Gasteiger partial charge is 0.264 e. The zero-order valence-electron chi connectivity index (χ0n) is 20.4. The molecular weight excluding hydrogens is 540 g/mol. The third-order valence-corrected chi connectivity index (χ3v) is 8.28. The minimum absolute atomic E-state index is 0.0356. The van der Waals surface area contributed by atoms with Crippen molar-refractivity contribution in [3.8, 4) is 0 Å². The van der Waals surface area contributed by atoms with Crippen molar-refractivity contribution in [3.63, 3.8) is 0 Å². The lowest BCUT2D eigenvalue weighted by molar-refractivity contribution is -0.139. The molecular formula is C26H26Cl2FN3O4S. The van der Waals surface area contributed by atoms with Gasteiger partial charge in [0, 0.05) is 13.6 Å². The molecule has 7 nitrogen and oxygen atoms in total. The number of amides is 2. The van der Waals surface area contributed by atoms with E-state index in [9.17, 15) is 22.4 Å². The van der Waals surface area contributed by atoms with E-state index in [4.69, 9.17) is 23.2 Å². The van der Waals surface area contributed by atoms with Gasteiger partial charge in [0.15, 0.2) is 0 Å². The molecule has 0 saturated heterocycles. The maximum atomic E-state index is 13.7. The minimum Gasteiger partial charge on any atom is -0.357 e. The minimum atomic E-state index is -4.22. The van der Waals surface area contributed by atoms with Gasteiger partial charge in [-0.2, -0.15) is 0 Å². The third-order valence-electron chi connectivity index (χ3n) is 5.75. The van der Waals surface area contributed by atoms with Crippen LogP contribution >= 0.6 is 23.2 Å². The molecule has 0 bridgehead atoms. The van der Waals surface area contributed by atoms with E-state index in [0.29, 0.717) is 10.6 Å². The largest absolute Gasteiger partial charge is 0.357 e. The second kappa shape index (κ2) is 11.9. The standard InChI is InChI=1S/C26H26Cl2FN3O4S/c1-17-4-11-22(12-5-17)37(35,36)32(21-9-7-20(29)8-10-21)16-25(33)31(18(2)26(34)30-3)15-19-6-13-23(27)24(28)14-19/h4-14,18H,15-16H2,1-3H3,(H,30,34)/t18-/m0/s1. The number of halogens is 3. The number of likely N-dealkylation sites (N-methyl/N-ethyl adjacent to an activating group) is 1. The van der Waals surface area contributed by atoms with Crippen molar-refractivity contribution in [2.45, 2.75) is 31.3 Å². The van der Waals surface area contributed by atoms with E-state index in [-0.39, 0.29) is 22.2 Å². The van der Waals surface area contributed by atoms with Gasteiger partial charge in [0.1, 0.15) is 18.4 Å². The summed E-state index contributed by atoms with van der Waals surface area (Å²) in [5.74, 6) is -1.65. The van der Waals surface area contributed by atoms with Crippen LogP contribution in [0.25, 0.3) is 0 Å². The molecule has 0 aromatic heterocycles. The first-order valence-electron chi connectivity index (χ1n) is 11.2. The lowest BCUT2D eigenvalue weighted by atomic mass is 10.1. The number of benzene rings is 3. The van der Waals surface area contributed by atoms with Gasteiger partial charge < -0.3 is 10.2 Å². The van der Waals surface area contributed by atoms with E-state index in [1.165, 1.54) is 43.1 Å². The van der Waals surface area contributed by atoms with Gasteiger partial charge in [-0.1, -0.05) is 47.0 Å². The van der Waals surface area contributed by atoms with Crippen LogP contribution in [0.5, 0.6) is 0 Å². The molecule has 0 aliphatic heterocycles. The van der Waals surface area contributed by atoms with E-state index in [1.807, 2.05) is 6.92 Å². The summed E-state index contributed by atoms with van der Waals surface area (Å²) in [5, 5.41) is 3.11. The number of aryl methyl sites for hydroxylation is 1. The van der Waals surface area contributed by atoms with Crippen molar-refractivity contribution < 1.29 is 22.4 Å². The average Bonchev–Trinajstić information content (AvgIpc) is 2.87. The molecule has 3 aromatic rings. The molecule has 11 heteroatoms. The van der Waals surface area contributed by atoms with Crippen LogP contribution in [0.15, 0.2) is 71.6 Å². The fraction of sp³-hybridized carbons (Fsp3) is 0.231. The predicted octanol–water partition coefficient (Wildman–Crippen LogP) is 4.80. The van der Waals surface area contributed by atoms with Crippen molar-refractivity contribution in [2.75, 3.05) is 17.9 Å². The SMILES string of the molecule is CNC(=O)[C@H](C)N(Cc1ccc(Cl)c(Cl)c1)C(=O)CN(c1ccc(F)cc1)S(=O)(=O)c1ccc(C)cc1. The van der Waals surface area contributed by atoms with E-state index in [1.54, 1.807) is 30.3 Å². The molecule has 3 aromatic carbocycles. The molecule has 0 saturated carbocycles. The maximum Gasteiger partial charge on any atom is 0.264 e. The van der Waals surface area contributed by atoms with Crippen molar-refractivity contribution >= 4 is 50.7 Å². The second-order valence-electron chi connectivity index (χ2n) is 8.36. The van der Waals surface area contributed by atoms with Crippen molar-refractivity contribution in [1.29, 1.82) is 0 Å². The van der Waals surface area contributed by atoms with Crippen LogP contribution in [0, 0.1) is 12.7 Å². The number of nitrogens with zero attached hydrogens (tertiary/aromatic N) is 2. The van der Waals surface area contributed by atoms with Crippen LogP contribution < -0.4 is 9.62 Å². The lowest BCUT2D eigenvalue weighted by Gasteiger charge is -2.31. The fourth-order valence-corrected chi connectivity index (χ4v) is 5.33. The molecule has 3 rings (SSSR count). The summed E-state index contributed by atoms with van der Waals surface area (Å²) in [6.45, 7) is 2.68. The van der Waals surface area contributed by atoms with Gasteiger partial charge in [0.2, 0.25) is 11.8 Å². The van der Waals surface area contributed by atoms with Crippen molar-refractivity contribution in [2.24, 2.45) is 0 Å². The van der Waals surface area contributed by atoms with Crippen LogP contribution in [0.2, 0.25) is 10.0 Å². The Morgan fingerprint density at radius 2 is 1.59 bits per heavy atom. The average molecular weight is 566 g/mol. The van der Waals surface area contributed by atoms with Gasteiger partial charge in [0.25, 0.3) is 10.0 Å². The summed E-state index contributed by atoms with van der Waals surface area (Å²) in [5.41, 5.74) is 1.54. The first-order valence-corrected chi connectivity index (χ1v) is 13.4. The lowest BCUT2D eigenvalue weighted by Crippen LogP contribution is -2.50. The molecule has 0 radical (unpaired) electrons. The molecule has 1 atom stereocenters. The number of rotatable bonds is 9. The van der Waals surface area contributed by atoms with Gasteiger partial charge in [-0.25, -0.2) is 12.8 Å². The van der Waals surface area contributed by atoms with E-state index in [0.717, 1.165) is 22.0 Å². The number of sulfonamides is 1. The van der Waals surface area contributed by atoms with Gasteiger partial charge in [-0.05, 0) is 67.9 Å². The summed E-state index contributed by atoms with van der Waals surface area (Å²) in [7, 11) is -2.79. The molecule has 0 heterocycles. The number of anilines is 1. The Hall–Kier alpha value is -3.14. The summed E-state index contributed by atoms with van der Waals surface area (Å²) in [6, 6.07) is 14.8. The third kappa shape index (κ3) is 6.80. The number of hydrogen-bond acceptors (Lipinski definition) is 4. The van der Waals surface area contributed by atoms with Crippen molar-refractivity contribution in [3.05, 3.63) is 93.7 Å². The highest BCUT2D eigenvalue weighted by Crippen LogP contribution is 2.26. The number of carbonyl (C=O) groups is 2. The molecule has 1 N–H and O–H groups in total. The molecule has 0 aliphatic rings. The maximum absolute atomic E-state index is 13.7. The van der Waals surface area contributed by atoms with Crippen LogP contribution in [-0.2, 0) is 26.2 Å². The number of hydrogen-bond donors (Lipinski definition) is 1. The van der Waals surface area contributed by atoms with Crippen LogP contribution in [0.4, 0.5) is 10.1 Å². The number of nitrogens with one attached hydrogen (secondary N) is 1. The fourth-order valence-electron chi connectivity index (χ4n) is 3.60. The monoisotopic (exact) mass is 565 g/mol. The Morgan fingerprint density at radius 1 is 0.973 bits per heavy atom. The number of carbonyl (C=O) groups excluding carboxylic acids is 2. The molecule has 0 spiro atoms. The second-order valence-corrected chi connectivity index (χ2v) is 11.0. The first-order chi connectivity index (χ1) is 17.4. The van der Waals surface area contributed by atoms with E-state index < -0.39 is 40.2 Å². The molecule has 0 unspecified atom stereocenters. The molecule has 37 heavy (non-hydrogen) atoms. The van der Waals surface area contributed by atoms with E-state index in [2.05, 4.69) is 5.32 Å². The highest BCUT2D eigenvalue weighted by atomic mass is 35.5. The molecule has 0 aliphatic carbocycles. The summed E-state index contributed by atoms with van der Waals surface area (Å²) < 4.78 is 41.8. The van der Waals surface area contributed by atoms with Gasteiger partial charge in [0.05, 0.1) is 20.6 Å². The van der Waals surface area contributed by atoms with Gasteiger partial charge in [-0.15, -0.1) is 0 Å². The Labute approximate surface area is 225 Å². The molecule has 0 fully saturated rings. The Kier molecular flexibility index (Phi) is 9.17. The van der Waals surface area contributed by atoms with Crippen LogP contribution in [0.3, 0.4) is 0 Å². The highest BCUT2D eigenvalue weighted by Gasteiger charge is 2.32. The van der Waals surface area contributed by atoms with E-state index >= 15 is 0 Å². The highest BCUT2D eigenvalue weighted by molar-refractivity contribution is 7.92.